The Kier molecular flexibility index (Phi) is 4.92. The molecule has 1 aromatic carbocycles. The molecule has 0 aliphatic carbocycles. The SMILES string of the molecule is CNC(CCc1c(C)cc(C)cc1F)C(C)(C)C. The van der Waals surface area contributed by atoms with Crippen LogP contribution < -0.4 is 5.32 Å². The Labute approximate surface area is 111 Å². The highest BCUT2D eigenvalue weighted by Crippen LogP contribution is 2.25. The molecule has 0 saturated heterocycles. The van der Waals surface area contributed by atoms with Gasteiger partial charge in [0.05, 0.1) is 0 Å². The molecule has 2 heteroatoms. The van der Waals surface area contributed by atoms with Crippen LogP contribution in [0.15, 0.2) is 12.1 Å². The molecule has 18 heavy (non-hydrogen) atoms. The van der Waals surface area contributed by atoms with Crippen molar-refractivity contribution in [3.63, 3.8) is 0 Å². The van der Waals surface area contributed by atoms with E-state index in [0.717, 1.165) is 29.5 Å². The molecule has 0 amide bonds. The first-order chi connectivity index (χ1) is 8.25. The molecule has 0 bridgehead atoms. The van der Waals surface area contributed by atoms with E-state index < -0.39 is 0 Å². The molecule has 0 aliphatic heterocycles. The van der Waals surface area contributed by atoms with Crippen molar-refractivity contribution in [1.82, 2.24) is 5.32 Å². The Bertz CT molecular complexity index is 381. The highest BCUT2D eigenvalue weighted by Gasteiger charge is 2.23. The quantitative estimate of drug-likeness (QED) is 0.852. The van der Waals surface area contributed by atoms with Gasteiger partial charge < -0.3 is 5.32 Å². The Balaban J connectivity index is 2.80. The van der Waals surface area contributed by atoms with Gasteiger partial charge in [-0.25, -0.2) is 4.39 Å². The van der Waals surface area contributed by atoms with Gasteiger partial charge in [0.1, 0.15) is 5.82 Å². The van der Waals surface area contributed by atoms with Crippen LogP contribution in [0.4, 0.5) is 4.39 Å². The van der Waals surface area contributed by atoms with E-state index >= 15 is 0 Å². The smallest absolute Gasteiger partial charge is 0.126 e. The maximum absolute atomic E-state index is 13.9. The standard InChI is InChI=1S/C16H26FN/c1-11-9-12(2)13(14(17)10-11)7-8-15(18-6)16(3,4)5/h9-10,15,18H,7-8H2,1-6H3. The third-order valence-electron chi connectivity index (χ3n) is 3.64. The fraction of sp³-hybridized carbons (Fsp3) is 0.625. The van der Waals surface area contributed by atoms with Crippen LogP contribution in [-0.4, -0.2) is 13.1 Å². The zero-order valence-electron chi connectivity index (χ0n) is 12.5. The highest BCUT2D eigenvalue weighted by atomic mass is 19.1. The first kappa shape index (κ1) is 15.2. The van der Waals surface area contributed by atoms with E-state index in [0.29, 0.717) is 6.04 Å². The summed E-state index contributed by atoms with van der Waals surface area (Å²) in [5, 5.41) is 3.34. The topological polar surface area (TPSA) is 12.0 Å². The first-order valence-electron chi connectivity index (χ1n) is 6.68. The van der Waals surface area contributed by atoms with Crippen molar-refractivity contribution in [3.05, 3.63) is 34.6 Å². The van der Waals surface area contributed by atoms with Gasteiger partial charge in [-0.3, -0.25) is 0 Å². The lowest BCUT2D eigenvalue weighted by atomic mass is 9.83. The van der Waals surface area contributed by atoms with Crippen molar-refractivity contribution in [2.45, 2.75) is 53.5 Å². The summed E-state index contributed by atoms with van der Waals surface area (Å²) in [6.45, 7) is 10.6. The van der Waals surface area contributed by atoms with Crippen molar-refractivity contribution >= 4 is 0 Å². The molecule has 1 aromatic rings. The number of rotatable bonds is 4. The summed E-state index contributed by atoms with van der Waals surface area (Å²) >= 11 is 0. The van der Waals surface area contributed by atoms with Crippen LogP contribution in [0.5, 0.6) is 0 Å². The molecule has 0 aromatic heterocycles. The van der Waals surface area contributed by atoms with Crippen LogP contribution in [0.3, 0.4) is 0 Å². The second-order valence-corrected chi connectivity index (χ2v) is 6.29. The number of hydrogen-bond donors (Lipinski definition) is 1. The van der Waals surface area contributed by atoms with Gasteiger partial charge in [-0.15, -0.1) is 0 Å². The van der Waals surface area contributed by atoms with Gasteiger partial charge in [-0.2, -0.15) is 0 Å². The van der Waals surface area contributed by atoms with Gasteiger partial charge in [0.15, 0.2) is 0 Å². The van der Waals surface area contributed by atoms with Crippen molar-refractivity contribution in [1.29, 1.82) is 0 Å². The molecule has 0 fully saturated rings. The molecule has 0 heterocycles. The average Bonchev–Trinajstić information content (AvgIpc) is 2.19. The monoisotopic (exact) mass is 251 g/mol. The Hall–Kier alpha value is -0.890. The molecule has 1 nitrogen and oxygen atoms in total. The molecular formula is C16H26FN. The van der Waals surface area contributed by atoms with E-state index in [1.165, 1.54) is 0 Å². The van der Waals surface area contributed by atoms with E-state index in [1.807, 2.05) is 20.9 Å². The van der Waals surface area contributed by atoms with Gasteiger partial charge >= 0.3 is 0 Å². The summed E-state index contributed by atoms with van der Waals surface area (Å²) < 4.78 is 13.9. The molecular weight excluding hydrogens is 225 g/mol. The normalized spacial score (nSPS) is 13.7. The Morgan fingerprint density at radius 2 is 1.83 bits per heavy atom. The largest absolute Gasteiger partial charge is 0.316 e. The maximum atomic E-state index is 13.9. The zero-order valence-corrected chi connectivity index (χ0v) is 12.5. The van der Waals surface area contributed by atoms with Crippen molar-refractivity contribution in [2.75, 3.05) is 7.05 Å². The number of benzene rings is 1. The van der Waals surface area contributed by atoms with Crippen LogP contribution >= 0.6 is 0 Å². The van der Waals surface area contributed by atoms with Crippen LogP contribution in [-0.2, 0) is 6.42 Å². The van der Waals surface area contributed by atoms with Crippen LogP contribution in [0.1, 0.15) is 43.9 Å². The van der Waals surface area contributed by atoms with Crippen molar-refractivity contribution < 1.29 is 4.39 Å². The highest BCUT2D eigenvalue weighted by molar-refractivity contribution is 5.32. The minimum Gasteiger partial charge on any atom is -0.316 e. The number of nitrogens with one attached hydrogen (secondary N) is 1. The number of hydrogen-bond acceptors (Lipinski definition) is 1. The molecule has 0 saturated carbocycles. The molecule has 0 spiro atoms. The van der Waals surface area contributed by atoms with Gasteiger partial charge in [-0.05, 0) is 61.9 Å². The molecule has 0 radical (unpaired) electrons. The fourth-order valence-corrected chi connectivity index (χ4v) is 2.56. The molecule has 102 valence electrons. The minimum absolute atomic E-state index is 0.0590. The lowest BCUT2D eigenvalue weighted by Gasteiger charge is -2.30. The lowest BCUT2D eigenvalue weighted by Crippen LogP contribution is -2.38. The summed E-state index contributed by atoms with van der Waals surface area (Å²) in [7, 11) is 1.98. The lowest BCUT2D eigenvalue weighted by molar-refractivity contribution is 0.267. The summed E-state index contributed by atoms with van der Waals surface area (Å²) in [6.07, 6.45) is 1.75. The second-order valence-electron chi connectivity index (χ2n) is 6.29. The van der Waals surface area contributed by atoms with Crippen LogP contribution in [0.2, 0.25) is 0 Å². The minimum atomic E-state index is -0.0590. The van der Waals surface area contributed by atoms with E-state index in [-0.39, 0.29) is 11.2 Å². The molecule has 1 unspecified atom stereocenters. The summed E-state index contributed by atoms with van der Waals surface area (Å²) in [5.74, 6) is -0.0590. The predicted molar refractivity (Wildman–Crippen MR) is 76.5 cm³/mol. The average molecular weight is 251 g/mol. The van der Waals surface area contributed by atoms with Crippen molar-refractivity contribution in [3.8, 4) is 0 Å². The zero-order chi connectivity index (χ0) is 13.9. The van der Waals surface area contributed by atoms with E-state index in [1.54, 1.807) is 6.07 Å². The Morgan fingerprint density at radius 1 is 1.22 bits per heavy atom. The molecule has 1 rings (SSSR count). The second kappa shape index (κ2) is 5.83. The van der Waals surface area contributed by atoms with Crippen LogP contribution in [0, 0.1) is 25.1 Å². The van der Waals surface area contributed by atoms with E-state index in [4.69, 9.17) is 0 Å². The van der Waals surface area contributed by atoms with Gasteiger partial charge in [0.25, 0.3) is 0 Å². The predicted octanol–water partition coefficient (Wildman–Crippen LogP) is 4.01. The summed E-state index contributed by atoms with van der Waals surface area (Å²) in [5.41, 5.74) is 3.13. The summed E-state index contributed by atoms with van der Waals surface area (Å²) in [6, 6.07) is 4.09. The molecule has 1 atom stereocenters. The van der Waals surface area contributed by atoms with E-state index in [2.05, 4.69) is 32.2 Å². The van der Waals surface area contributed by atoms with E-state index in [9.17, 15) is 4.39 Å². The van der Waals surface area contributed by atoms with Crippen molar-refractivity contribution in [2.24, 2.45) is 5.41 Å². The molecule has 1 N–H and O–H groups in total. The molecule has 0 aliphatic rings. The van der Waals surface area contributed by atoms with Gasteiger partial charge in [0, 0.05) is 6.04 Å². The maximum Gasteiger partial charge on any atom is 0.126 e. The van der Waals surface area contributed by atoms with Gasteiger partial charge in [-0.1, -0.05) is 26.8 Å². The number of aryl methyl sites for hydroxylation is 2. The third-order valence-corrected chi connectivity index (χ3v) is 3.64. The Morgan fingerprint density at radius 3 is 2.28 bits per heavy atom. The third kappa shape index (κ3) is 3.81. The summed E-state index contributed by atoms with van der Waals surface area (Å²) in [4.78, 5) is 0. The fourth-order valence-electron chi connectivity index (χ4n) is 2.56. The van der Waals surface area contributed by atoms with Gasteiger partial charge in [0.2, 0.25) is 0 Å². The number of halogens is 1. The van der Waals surface area contributed by atoms with Crippen LogP contribution in [0.25, 0.3) is 0 Å². The first-order valence-corrected chi connectivity index (χ1v) is 6.68.